The van der Waals surface area contributed by atoms with Crippen LogP contribution in [0.3, 0.4) is 0 Å². The lowest BCUT2D eigenvalue weighted by molar-refractivity contribution is 0.0695. The number of rotatable bonds is 8. The van der Waals surface area contributed by atoms with Crippen LogP contribution >= 0.6 is 0 Å². The molecule has 12 heteroatoms. The standard InChI is InChI=1S/C14H19N3O3S.C13H16O4S/c1-4-5-6-10-7-9(2)11(13(18)17-14(15)16)8-12(10)21(3,19)20;1-4-5-6-10-7-9(2)11(13(14)15)8-12(10)18(3,16)17/h5-8H,4H2,1-3H3,(H4,15,16,17,18);5-8H,4H2,1-3H3,(H,14,15). The van der Waals surface area contributed by atoms with Gasteiger partial charge in [0, 0.05) is 18.1 Å². The summed E-state index contributed by atoms with van der Waals surface area (Å²) >= 11 is 0. The third-order valence-electron chi connectivity index (χ3n) is 5.27. The van der Waals surface area contributed by atoms with Gasteiger partial charge < -0.3 is 16.6 Å². The Kier molecular flexibility index (Phi) is 11.8. The minimum Gasteiger partial charge on any atom is -0.478 e. The summed E-state index contributed by atoms with van der Waals surface area (Å²) in [5.74, 6) is -2.15. The number of aryl methyl sites for hydroxylation is 2. The number of carboxylic acid groups (broad SMARTS) is 1. The molecule has 39 heavy (non-hydrogen) atoms. The number of sulfone groups is 2. The van der Waals surface area contributed by atoms with Gasteiger partial charge in [-0.15, -0.1) is 0 Å². The Hall–Kier alpha value is -3.77. The van der Waals surface area contributed by atoms with E-state index in [4.69, 9.17) is 16.6 Å². The van der Waals surface area contributed by atoms with Crippen LogP contribution in [0.25, 0.3) is 12.2 Å². The van der Waals surface area contributed by atoms with E-state index in [1.54, 1.807) is 38.1 Å². The van der Waals surface area contributed by atoms with Gasteiger partial charge in [0.2, 0.25) is 0 Å². The number of carbonyl (C=O) groups excluding carboxylic acids is 1. The summed E-state index contributed by atoms with van der Waals surface area (Å²) in [4.78, 5) is 26.5. The van der Waals surface area contributed by atoms with Crippen molar-refractivity contribution in [3.05, 3.63) is 69.8 Å². The van der Waals surface area contributed by atoms with E-state index in [9.17, 15) is 26.4 Å². The fourth-order valence-electron chi connectivity index (χ4n) is 3.45. The maximum absolute atomic E-state index is 11.9. The van der Waals surface area contributed by atoms with Gasteiger partial charge in [-0.3, -0.25) is 4.79 Å². The predicted molar refractivity (Wildman–Crippen MR) is 154 cm³/mol. The van der Waals surface area contributed by atoms with E-state index in [0.717, 1.165) is 25.4 Å². The smallest absolute Gasteiger partial charge is 0.335 e. The van der Waals surface area contributed by atoms with Crippen LogP contribution in [0, 0.1) is 13.8 Å². The number of guanidine groups is 1. The van der Waals surface area contributed by atoms with Crippen LogP contribution in [0.1, 0.15) is 69.7 Å². The summed E-state index contributed by atoms with van der Waals surface area (Å²) in [6.45, 7) is 7.23. The van der Waals surface area contributed by atoms with Crippen molar-refractivity contribution in [2.24, 2.45) is 16.5 Å². The van der Waals surface area contributed by atoms with Gasteiger partial charge in [0.1, 0.15) is 0 Å². The molecular formula is C27H35N3O7S2. The quantitative estimate of drug-likeness (QED) is 0.310. The zero-order valence-corrected chi connectivity index (χ0v) is 24.5. The molecule has 5 N–H and O–H groups in total. The average molecular weight is 578 g/mol. The van der Waals surface area contributed by atoms with Gasteiger partial charge >= 0.3 is 5.97 Å². The minimum atomic E-state index is -3.48. The van der Waals surface area contributed by atoms with Gasteiger partial charge in [0.15, 0.2) is 25.6 Å². The van der Waals surface area contributed by atoms with Crippen LogP contribution < -0.4 is 11.5 Å². The fraction of sp³-hybridized carbons (Fsp3) is 0.296. The second-order valence-corrected chi connectivity index (χ2v) is 12.7. The summed E-state index contributed by atoms with van der Waals surface area (Å²) in [5.41, 5.74) is 12.8. The second-order valence-electron chi connectivity index (χ2n) is 8.72. The van der Waals surface area contributed by atoms with Crippen LogP contribution in [0.15, 0.2) is 51.2 Å². The molecule has 0 saturated heterocycles. The molecule has 0 radical (unpaired) electrons. The maximum Gasteiger partial charge on any atom is 0.335 e. The molecular weight excluding hydrogens is 542 g/mol. The molecule has 0 spiro atoms. The lowest BCUT2D eigenvalue weighted by Gasteiger charge is -2.09. The Balaban J connectivity index is 0.000000395. The highest BCUT2D eigenvalue weighted by atomic mass is 32.2. The summed E-state index contributed by atoms with van der Waals surface area (Å²) in [6.07, 6.45) is 10.8. The fourth-order valence-corrected chi connectivity index (χ4v) is 5.23. The lowest BCUT2D eigenvalue weighted by Crippen LogP contribution is -2.24. The van der Waals surface area contributed by atoms with E-state index in [2.05, 4.69) is 4.99 Å². The molecule has 2 rings (SSSR count). The third kappa shape index (κ3) is 9.80. The van der Waals surface area contributed by atoms with Crippen molar-refractivity contribution in [3.63, 3.8) is 0 Å². The predicted octanol–water partition coefficient (Wildman–Crippen LogP) is 3.76. The van der Waals surface area contributed by atoms with Crippen molar-refractivity contribution >= 4 is 49.7 Å². The molecule has 0 fully saturated rings. The van der Waals surface area contributed by atoms with Crippen LogP contribution in [0.2, 0.25) is 0 Å². The number of carbonyl (C=O) groups is 2. The summed E-state index contributed by atoms with van der Waals surface area (Å²) in [5, 5.41) is 9.01. The first-order chi connectivity index (χ1) is 17.9. The van der Waals surface area contributed by atoms with Gasteiger partial charge in [-0.1, -0.05) is 38.2 Å². The van der Waals surface area contributed by atoms with Crippen molar-refractivity contribution in [3.8, 4) is 0 Å². The lowest BCUT2D eigenvalue weighted by atomic mass is 10.0. The van der Waals surface area contributed by atoms with Gasteiger partial charge in [0.05, 0.1) is 15.4 Å². The number of nitrogens with two attached hydrogens (primary N) is 2. The van der Waals surface area contributed by atoms with E-state index < -0.39 is 31.6 Å². The Morgan fingerprint density at radius 3 is 1.51 bits per heavy atom. The van der Waals surface area contributed by atoms with Gasteiger partial charge in [-0.05, 0) is 73.2 Å². The minimum absolute atomic E-state index is 0.0177. The van der Waals surface area contributed by atoms with Crippen molar-refractivity contribution in [2.45, 2.75) is 50.3 Å². The molecule has 1 amide bonds. The molecule has 2 aromatic rings. The average Bonchev–Trinajstić information content (AvgIpc) is 2.79. The van der Waals surface area contributed by atoms with Gasteiger partial charge in [-0.25, -0.2) is 21.6 Å². The number of aromatic carboxylic acids is 1. The highest BCUT2D eigenvalue weighted by Gasteiger charge is 2.19. The summed E-state index contributed by atoms with van der Waals surface area (Å²) in [7, 11) is -6.93. The van der Waals surface area contributed by atoms with Crippen molar-refractivity contribution < 1.29 is 31.5 Å². The number of carboxylic acids is 1. The second kappa shape index (κ2) is 13.9. The SMILES string of the molecule is CCC=Cc1cc(C)c(C(=O)N=C(N)N)cc1S(C)(=O)=O.CCC=Cc1cc(C)c(C(=O)O)cc1S(C)(=O)=O. The monoisotopic (exact) mass is 577 g/mol. The first-order valence-corrected chi connectivity index (χ1v) is 15.6. The molecule has 0 saturated carbocycles. The molecule has 212 valence electrons. The molecule has 0 aliphatic heterocycles. The zero-order chi connectivity index (χ0) is 30.1. The molecule has 0 bridgehead atoms. The number of benzene rings is 2. The number of nitrogens with zero attached hydrogens (tertiary/aromatic N) is 1. The van der Waals surface area contributed by atoms with Crippen LogP contribution in [-0.4, -0.2) is 52.3 Å². The Morgan fingerprint density at radius 2 is 1.18 bits per heavy atom. The molecule has 0 unspecified atom stereocenters. The van der Waals surface area contributed by atoms with E-state index in [1.165, 1.54) is 12.1 Å². The molecule has 10 nitrogen and oxygen atoms in total. The van der Waals surface area contributed by atoms with Gasteiger partial charge in [-0.2, -0.15) is 4.99 Å². The summed E-state index contributed by atoms with van der Waals surface area (Å²) in [6, 6.07) is 5.76. The van der Waals surface area contributed by atoms with Gasteiger partial charge in [0.25, 0.3) is 5.91 Å². The molecule has 0 aliphatic rings. The highest BCUT2D eigenvalue weighted by molar-refractivity contribution is 7.91. The van der Waals surface area contributed by atoms with Crippen LogP contribution in [0.5, 0.6) is 0 Å². The number of aliphatic imine (C=N–C) groups is 1. The number of allylic oxidation sites excluding steroid dienone is 2. The van der Waals surface area contributed by atoms with Crippen molar-refractivity contribution in [1.29, 1.82) is 0 Å². The highest BCUT2D eigenvalue weighted by Crippen LogP contribution is 2.24. The van der Waals surface area contributed by atoms with E-state index >= 15 is 0 Å². The number of hydrogen-bond acceptors (Lipinski definition) is 6. The molecule has 0 heterocycles. The molecule has 0 aliphatic carbocycles. The normalized spacial score (nSPS) is 11.7. The number of hydrogen-bond donors (Lipinski definition) is 3. The first-order valence-electron chi connectivity index (χ1n) is 11.8. The van der Waals surface area contributed by atoms with Crippen LogP contribution in [-0.2, 0) is 19.7 Å². The topological polar surface area (TPSA) is 187 Å². The Morgan fingerprint density at radius 1 is 0.795 bits per heavy atom. The number of amides is 1. The van der Waals surface area contributed by atoms with E-state index in [-0.39, 0.29) is 26.9 Å². The molecule has 0 aromatic heterocycles. The Bertz CT molecular complexity index is 1550. The first kappa shape index (κ1) is 33.3. The van der Waals surface area contributed by atoms with Crippen molar-refractivity contribution in [1.82, 2.24) is 0 Å². The Labute approximate surface area is 230 Å². The maximum atomic E-state index is 11.9. The van der Waals surface area contributed by atoms with E-state index in [1.807, 2.05) is 26.0 Å². The molecule has 0 atom stereocenters. The van der Waals surface area contributed by atoms with E-state index in [0.29, 0.717) is 22.3 Å². The molecule has 2 aromatic carbocycles. The zero-order valence-electron chi connectivity index (χ0n) is 22.8. The summed E-state index contributed by atoms with van der Waals surface area (Å²) < 4.78 is 47.1. The third-order valence-corrected chi connectivity index (χ3v) is 7.58. The van der Waals surface area contributed by atoms with Crippen LogP contribution in [0.4, 0.5) is 0 Å². The largest absolute Gasteiger partial charge is 0.478 e. The van der Waals surface area contributed by atoms with Crippen molar-refractivity contribution in [2.75, 3.05) is 12.5 Å².